The number of carbonyl (C=O) groups excluding carboxylic acids is 1. The number of ketones is 1. The zero-order chi connectivity index (χ0) is 19.0. The lowest BCUT2D eigenvalue weighted by Gasteiger charge is -2.08. The number of ether oxygens (including phenoxy) is 1. The molecular formula is C18H13N5O3S. The number of rotatable bonds is 3. The van der Waals surface area contributed by atoms with E-state index in [1.165, 1.54) is 35.1 Å². The van der Waals surface area contributed by atoms with Crippen LogP contribution in [-0.2, 0) is 9.53 Å². The first-order valence-corrected chi connectivity index (χ1v) is 8.68. The van der Waals surface area contributed by atoms with Crippen LogP contribution in [0.15, 0.2) is 58.9 Å². The largest absolute Gasteiger partial charge is 0.493 e. The topological polar surface area (TPSA) is 112 Å². The molecule has 8 nitrogen and oxygen atoms in total. The van der Waals surface area contributed by atoms with Crippen molar-refractivity contribution in [1.29, 1.82) is 0 Å². The number of anilines is 1. The second kappa shape index (κ2) is 6.61. The van der Waals surface area contributed by atoms with Crippen molar-refractivity contribution >= 4 is 34.0 Å². The molecule has 0 aromatic carbocycles. The number of aromatic nitrogens is 4. The molecule has 0 aliphatic heterocycles. The van der Waals surface area contributed by atoms with E-state index in [4.69, 9.17) is 10.5 Å². The fourth-order valence-corrected chi connectivity index (χ4v) is 3.45. The summed E-state index contributed by atoms with van der Waals surface area (Å²) in [5.41, 5.74) is 7.31. The van der Waals surface area contributed by atoms with Gasteiger partial charge in [0.15, 0.2) is 5.76 Å². The highest BCUT2D eigenvalue weighted by Gasteiger charge is 2.16. The van der Waals surface area contributed by atoms with Gasteiger partial charge in [0, 0.05) is 18.0 Å². The molecule has 3 heterocycles. The summed E-state index contributed by atoms with van der Waals surface area (Å²) < 4.78 is 6.46. The molecule has 1 aliphatic carbocycles. The van der Waals surface area contributed by atoms with E-state index in [0.717, 1.165) is 5.56 Å². The van der Waals surface area contributed by atoms with Gasteiger partial charge in [-0.2, -0.15) is 14.6 Å². The lowest BCUT2D eigenvalue weighted by molar-refractivity contribution is -0.114. The van der Waals surface area contributed by atoms with Crippen LogP contribution in [0.3, 0.4) is 0 Å². The Hall–Kier alpha value is -3.59. The van der Waals surface area contributed by atoms with Crippen LogP contribution < -0.4 is 11.3 Å². The molecular weight excluding hydrogens is 366 g/mol. The van der Waals surface area contributed by atoms with Gasteiger partial charge in [0.25, 0.3) is 5.56 Å². The minimum atomic E-state index is -0.473. The molecule has 0 unspecified atom stereocenters. The average molecular weight is 379 g/mol. The number of pyridine rings is 1. The molecule has 2 N–H and O–H groups in total. The van der Waals surface area contributed by atoms with Gasteiger partial charge in [-0.3, -0.25) is 14.6 Å². The van der Waals surface area contributed by atoms with Crippen LogP contribution in [-0.4, -0.2) is 32.5 Å². The number of allylic oxidation sites excluding steroid dienone is 4. The minimum absolute atomic E-state index is 0.168. The Morgan fingerprint density at radius 3 is 2.89 bits per heavy atom. The normalized spacial score (nSPS) is 15.4. The fraction of sp³-hybridized carbons (Fsp3) is 0.0556. The highest BCUT2D eigenvalue weighted by Crippen LogP contribution is 2.26. The van der Waals surface area contributed by atoms with Crippen molar-refractivity contribution in [3.05, 3.63) is 70.0 Å². The smallest absolute Gasteiger partial charge is 0.283 e. The Morgan fingerprint density at radius 1 is 1.30 bits per heavy atom. The second-order valence-corrected chi connectivity index (χ2v) is 6.57. The molecule has 0 radical (unpaired) electrons. The Kier molecular flexibility index (Phi) is 4.13. The summed E-state index contributed by atoms with van der Waals surface area (Å²) in [5, 5.41) is 5.10. The first kappa shape index (κ1) is 16.9. The van der Waals surface area contributed by atoms with Crippen LogP contribution >= 0.6 is 11.3 Å². The van der Waals surface area contributed by atoms with Crippen LogP contribution in [0.5, 0.6) is 0 Å². The van der Waals surface area contributed by atoms with Gasteiger partial charge < -0.3 is 10.5 Å². The van der Waals surface area contributed by atoms with Crippen LogP contribution in [0.1, 0.15) is 5.56 Å². The summed E-state index contributed by atoms with van der Waals surface area (Å²) in [7, 11) is 1.41. The Balaban J connectivity index is 1.84. The number of methoxy groups -OCH3 is 1. The Morgan fingerprint density at radius 2 is 2.15 bits per heavy atom. The third kappa shape index (κ3) is 3.04. The van der Waals surface area contributed by atoms with Crippen LogP contribution in [0.25, 0.3) is 21.6 Å². The first-order valence-electron chi connectivity index (χ1n) is 7.86. The van der Waals surface area contributed by atoms with E-state index in [2.05, 4.69) is 15.1 Å². The van der Waals surface area contributed by atoms with Crippen molar-refractivity contribution in [1.82, 2.24) is 19.6 Å². The molecule has 0 saturated heterocycles. The van der Waals surface area contributed by atoms with E-state index in [9.17, 15) is 9.59 Å². The fourth-order valence-electron chi connectivity index (χ4n) is 2.56. The van der Waals surface area contributed by atoms with E-state index in [0.29, 0.717) is 15.5 Å². The van der Waals surface area contributed by atoms with E-state index < -0.39 is 5.56 Å². The number of nitrogen functional groups attached to an aromatic ring is 1. The van der Waals surface area contributed by atoms with Crippen molar-refractivity contribution in [3.8, 4) is 10.6 Å². The third-order valence-corrected chi connectivity index (χ3v) is 4.86. The van der Waals surface area contributed by atoms with Gasteiger partial charge in [-0.15, -0.1) is 0 Å². The van der Waals surface area contributed by atoms with Gasteiger partial charge in [-0.25, -0.2) is 0 Å². The second-order valence-electron chi connectivity index (χ2n) is 5.61. The summed E-state index contributed by atoms with van der Waals surface area (Å²) in [6, 6.07) is 3.66. The zero-order valence-electron chi connectivity index (χ0n) is 14.1. The summed E-state index contributed by atoms with van der Waals surface area (Å²) in [4.78, 5) is 32.6. The monoisotopic (exact) mass is 379 g/mol. The van der Waals surface area contributed by atoms with Crippen LogP contribution in [0, 0.1) is 0 Å². The predicted molar refractivity (Wildman–Crippen MR) is 102 cm³/mol. The maximum Gasteiger partial charge on any atom is 0.283 e. The highest BCUT2D eigenvalue weighted by molar-refractivity contribution is 7.19. The first-order chi connectivity index (χ1) is 13.1. The highest BCUT2D eigenvalue weighted by atomic mass is 32.1. The molecule has 0 amide bonds. The summed E-state index contributed by atoms with van der Waals surface area (Å²) in [5.74, 6) is 0.110. The van der Waals surface area contributed by atoms with Gasteiger partial charge in [0.1, 0.15) is 10.8 Å². The maximum atomic E-state index is 12.5. The number of fused-ring (bicyclic) bond motifs is 1. The molecule has 4 rings (SSSR count). The molecule has 0 saturated carbocycles. The number of nitrogens with two attached hydrogens (primary N) is 1. The van der Waals surface area contributed by atoms with Crippen molar-refractivity contribution in [2.24, 2.45) is 0 Å². The van der Waals surface area contributed by atoms with Gasteiger partial charge in [0.2, 0.25) is 10.7 Å². The van der Waals surface area contributed by atoms with Crippen molar-refractivity contribution in [2.75, 3.05) is 12.8 Å². The maximum absolute atomic E-state index is 12.5. The van der Waals surface area contributed by atoms with Crippen LogP contribution in [0.2, 0.25) is 0 Å². The molecule has 134 valence electrons. The SMILES string of the molecule is COC1=C/C(=C\c2c(N)n3nc(-c4cccnc4)sc3nc2=O)C=CC1=O. The van der Waals surface area contributed by atoms with Gasteiger partial charge in [0.05, 0.1) is 12.7 Å². The molecule has 9 heteroatoms. The Labute approximate surface area is 157 Å². The van der Waals surface area contributed by atoms with Gasteiger partial charge >= 0.3 is 0 Å². The average Bonchev–Trinajstić information content (AvgIpc) is 3.11. The van der Waals surface area contributed by atoms with Gasteiger partial charge in [-0.05, 0) is 35.9 Å². The molecule has 27 heavy (non-hydrogen) atoms. The molecule has 0 atom stereocenters. The molecule has 3 aromatic heterocycles. The lowest BCUT2D eigenvalue weighted by Crippen LogP contribution is -2.17. The number of hydrogen-bond donors (Lipinski definition) is 1. The molecule has 0 bridgehead atoms. The zero-order valence-corrected chi connectivity index (χ0v) is 14.9. The molecule has 1 aliphatic rings. The van der Waals surface area contributed by atoms with Crippen molar-refractivity contribution in [2.45, 2.75) is 0 Å². The van der Waals surface area contributed by atoms with E-state index in [1.807, 2.05) is 6.07 Å². The molecule has 0 fully saturated rings. The number of carbonyl (C=O) groups is 1. The quantitative estimate of drug-likeness (QED) is 0.739. The van der Waals surface area contributed by atoms with Crippen LogP contribution in [0.4, 0.5) is 5.82 Å². The molecule has 0 spiro atoms. The summed E-state index contributed by atoms with van der Waals surface area (Å²) in [6.07, 6.45) is 9.39. The predicted octanol–water partition coefficient (Wildman–Crippen LogP) is 1.85. The number of nitrogens with zero attached hydrogens (tertiary/aromatic N) is 4. The number of hydrogen-bond acceptors (Lipinski definition) is 8. The summed E-state index contributed by atoms with van der Waals surface area (Å²) in [6.45, 7) is 0. The Bertz CT molecular complexity index is 1200. The van der Waals surface area contributed by atoms with E-state index in [1.54, 1.807) is 30.6 Å². The minimum Gasteiger partial charge on any atom is -0.493 e. The third-order valence-electron chi connectivity index (χ3n) is 3.90. The van der Waals surface area contributed by atoms with Crippen molar-refractivity contribution < 1.29 is 9.53 Å². The van der Waals surface area contributed by atoms with E-state index >= 15 is 0 Å². The standard InChI is InChI=1S/C18H13N5O3S/c1-26-14-8-10(4-5-13(14)24)7-12-15(19)23-18(21-16(12)25)27-17(22-23)11-3-2-6-20-9-11/h2-9H,19H2,1H3/b10-7-. The van der Waals surface area contributed by atoms with Gasteiger partial charge in [-0.1, -0.05) is 17.4 Å². The lowest BCUT2D eigenvalue weighted by atomic mass is 10.0. The molecule has 3 aromatic rings. The summed E-state index contributed by atoms with van der Waals surface area (Å²) >= 11 is 1.25. The van der Waals surface area contributed by atoms with Crippen molar-refractivity contribution in [3.63, 3.8) is 0 Å². The van der Waals surface area contributed by atoms with E-state index in [-0.39, 0.29) is 22.9 Å².